The Morgan fingerprint density at radius 1 is 1.07 bits per heavy atom. The molecular weight excluding hydrogens is 376 g/mol. The van der Waals surface area contributed by atoms with E-state index in [1.54, 1.807) is 24.3 Å². The summed E-state index contributed by atoms with van der Waals surface area (Å²) < 4.78 is 1.54. The van der Waals surface area contributed by atoms with Crippen LogP contribution in [0, 0.1) is 0 Å². The van der Waals surface area contributed by atoms with E-state index in [1.165, 1.54) is 23.4 Å². The van der Waals surface area contributed by atoms with Crippen LogP contribution < -0.4 is 10.2 Å². The third-order valence-electron chi connectivity index (χ3n) is 3.96. The van der Waals surface area contributed by atoms with Gasteiger partial charge in [0.05, 0.1) is 11.4 Å². The lowest BCUT2D eigenvalue weighted by atomic mass is 10.1. The van der Waals surface area contributed by atoms with E-state index in [-0.39, 0.29) is 17.4 Å². The van der Waals surface area contributed by atoms with Crippen LogP contribution in [0.25, 0.3) is 5.69 Å². The molecule has 8 nitrogen and oxygen atoms in total. The summed E-state index contributed by atoms with van der Waals surface area (Å²) in [6, 6.07) is 14.6. The third kappa shape index (κ3) is 4.74. The molecule has 1 amide bonds. The number of tetrazole rings is 1. The fourth-order valence-electron chi connectivity index (χ4n) is 2.44. The highest BCUT2D eigenvalue weighted by Crippen LogP contribution is 2.20. The molecule has 0 aliphatic carbocycles. The van der Waals surface area contributed by atoms with Gasteiger partial charge in [-0.15, -0.1) is 5.10 Å². The van der Waals surface area contributed by atoms with Crippen LogP contribution in [0.2, 0.25) is 0 Å². The molecule has 0 saturated heterocycles. The Hall–Kier alpha value is -3.20. The average Bonchev–Trinajstić information content (AvgIpc) is 3.15. The predicted molar refractivity (Wildman–Crippen MR) is 109 cm³/mol. The molecule has 0 aliphatic rings. The number of Topliss-reactive ketones (excluding diaryl/α,β-unsaturated/α-hetero) is 1. The highest BCUT2D eigenvalue weighted by molar-refractivity contribution is 7.99. The highest BCUT2D eigenvalue weighted by Gasteiger charge is 2.12. The van der Waals surface area contributed by atoms with E-state index in [1.807, 2.05) is 43.3 Å². The van der Waals surface area contributed by atoms with Crippen molar-refractivity contribution >= 4 is 34.8 Å². The van der Waals surface area contributed by atoms with Gasteiger partial charge in [-0.25, -0.2) is 0 Å². The maximum Gasteiger partial charge on any atom is 0.234 e. The molecule has 9 heteroatoms. The number of carbonyl (C=O) groups excluding carboxylic acids is 2. The van der Waals surface area contributed by atoms with E-state index >= 15 is 0 Å². The van der Waals surface area contributed by atoms with E-state index in [0.29, 0.717) is 10.7 Å². The first-order valence-corrected chi connectivity index (χ1v) is 9.52. The minimum atomic E-state index is -0.149. The monoisotopic (exact) mass is 396 g/mol. The maximum absolute atomic E-state index is 12.2. The number of benzene rings is 2. The Balaban J connectivity index is 1.61. The quantitative estimate of drug-likeness (QED) is 0.485. The SMILES string of the molecule is CC(=O)c1ccc(-n2nnnc2SCC(=O)Nc2ccc(N(C)C)cc2)cc1. The highest BCUT2D eigenvalue weighted by atomic mass is 32.2. The van der Waals surface area contributed by atoms with Crippen molar-refractivity contribution in [3.05, 3.63) is 54.1 Å². The van der Waals surface area contributed by atoms with Crippen LogP contribution in [0.3, 0.4) is 0 Å². The largest absolute Gasteiger partial charge is 0.378 e. The van der Waals surface area contributed by atoms with Gasteiger partial charge in [0.25, 0.3) is 0 Å². The molecule has 0 spiro atoms. The molecule has 0 bridgehead atoms. The van der Waals surface area contributed by atoms with Crippen LogP contribution in [0.4, 0.5) is 11.4 Å². The van der Waals surface area contributed by atoms with E-state index in [9.17, 15) is 9.59 Å². The first-order valence-electron chi connectivity index (χ1n) is 8.54. The van der Waals surface area contributed by atoms with Gasteiger partial charge in [0.15, 0.2) is 5.78 Å². The van der Waals surface area contributed by atoms with Crippen molar-refractivity contribution in [3.63, 3.8) is 0 Å². The Morgan fingerprint density at radius 3 is 2.36 bits per heavy atom. The summed E-state index contributed by atoms with van der Waals surface area (Å²) >= 11 is 1.23. The third-order valence-corrected chi connectivity index (χ3v) is 4.88. The molecule has 0 radical (unpaired) electrons. The van der Waals surface area contributed by atoms with Crippen LogP contribution in [0.15, 0.2) is 53.7 Å². The maximum atomic E-state index is 12.2. The van der Waals surface area contributed by atoms with Crippen molar-refractivity contribution in [1.82, 2.24) is 20.2 Å². The molecule has 2 aromatic carbocycles. The second-order valence-electron chi connectivity index (χ2n) is 6.25. The molecule has 28 heavy (non-hydrogen) atoms. The Morgan fingerprint density at radius 2 is 1.75 bits per heavy atom. The molecule has 0 fully saturated rings. The lowest BCUT2D eigenvalue weighted by Gasteiger charge is -2.13. The Kier molecular flexibility index (Phi) is 6.05. The van der Waals surface area contributed by atoms with Gasteiger partial charge in [0, 0.05) is 31.0 Å². The van der Waals surface area contributed by atoms with Crippen molar-refractivity contribution in [1.29, 1.82) is 0 Å². The molecule has 3 rings (SSSR count). The molecular formula is C19H20N6O2S. The zero-order chi connectivity index (χ0) is 20.1. The summed E-state index contributed by atoms with van der Waals surface area (Å²) in [7, 11) is 3.92. The fourth-order valence-corrected chi connectivity index (χ4v) is 3.13. The van der Waals surface area contributed by atoms with Gasteiger partial charge in [-0.1, -0.05) is 11.8 Å². The second-order valence-corrected chi connectivity index (χ2v) is 7.20. The first kappa shape index (κ1) is 19.6. The zero-order valence-electron chi connectivity index (χ0n) is 15.8. The van der Waals surface area contributed by atoms with Crippen LogP contribution in [0.1, 0.15) is 17.3 Å². The van der Waals surface area contributed by atoms with Crippen molar-refractivity contribution in [2.75, 3.05) is 30.1 Å². The number of amides is 1. The molecule has 1 N–H and O–H groups in total. The predicted octanol–water partition coefficient (Wildman–Crippen LogP) is 2.66. The van der Waals surface area contributed by atoms with E-state index in [4.69, 9.17) is 0 Å². The van der Waals surface area contributed by atoms with E-state index in [0.717, 1.165) is 17.1 Å². The number of nitrogens with zero attached hydrogens (tertiary/aromatic N) is 5. The summed E-state index contributed by atoms with van der Waals surface area (Å²) in [5.41, 5.74) is 3.13. The number of hydrogen-bond donors (Lipinski definition) is 1. The van der Waals surface area contributed by atoms with Gasteiger partial charge >= 0.3 is 0 Å². The second kappa shape index (κ2) is 8.66. The fraction of sp³-hybridized carbons (Fsp3) is 0.211. The smallest absolute Gasteiger partial charge is 0.234 e. The number of aromatic nitrogens is 4. The van der Waals surface area contributed by atoms with Crippen molar-refractivity contribution in [2.45, 2.75) is 12.1 Å². The number of thioether (sulfide) groups is 1. The Bertz CT molecular complexity index is 967. The summed E-state index contributed by atoms with van der Waals surface area (Å²) in [6.07, 6.45) is 0. The minimum Gasteiger partial charge on any atom is -0.378 e. The number of ketones is 1. The summed E-state index contributed by atoms with van der Waals surface area (Å²) in [6.45, 7) is 1.51. The molecule has 0 atom stereocenters. The van der Waals surface area contributed by atoms with Crippen LogP contribution in [0.5, 0.6) is 0 Å². The van der Waals surface area contributed by atoms with Crippen molar-refractivity contribution in [2.24, 2.45) is 0 Å². The number of anilines is 2. The topological polar surface area (TPSA) is 93.0 Å². The number of nitrogens with one attached hydrogen (secondary N) is 1. The standard InChI is InChI=1S/C19H20N6O2S/c1-13(26)14-4-8-17(9-5-14)25-19(21-22-23-25)28-12-18(27)20-15-6-10-16(11-7-15)24(2)3/h4-11H,12H2,1-3H3,(H,20,27). The molecule has 1 aromatic heterocycles. The molecule has 1 heterocycles. The summed E-state index contributed by atoms with van der Waals surface area (Å²) in [5.74, 6) is 0.0126. The summed E-state index contributed by atoms with van der Waals surface area (Å²) in [5, 5.41) is 15.0. The van der Waals surface area contributed by atoms with E-state index in [2.05, 4.69) is 20.8 Å². The van der Waals surface area contributed by atoms with Crippen molar-refractivity contribution < 1.29 is 9.59 Å². The minimum absolute atomic E-state index is 0.00634. The van der Waals surface area contributed by atoms with E-state index < -0.39 is 0 Å². The Labute approximate surface area is 166 Å². The normalized spacial score (nSPS) is 10.5. The lowest BCUT2D eigenvalue weighted by Crippen LogP contribution is -2.15. The zero-order valence-corrected chi connectivity index (χ0v) is 16.6. The van der Waals surface area contributed by atoms with Gasteiger partial charge in [-0.05, 0) is 65.9 Å². The van der Waals surface area contributed by atoms with Crippen LogP contribution in [-0.2, 0) is 4.79 Å². The molecule has 3 aromatic rings. The number of carbonyl (C=O) groups is 2. The van der Waals surface area contributed by atoms with Gasteiger partial charge in [0.2, 0.25) is 11.1 Å². The van der Waals surface area contributed by atoms with Gasteiger partial charge in [-0.2, -0.15) is 4.68 Å². The van der Waals surface area contributed by atoms with Gasteiger partial charge in [0.1, 0.15) is 0 Å². The molecule has 0 saturated carbocycles. The molecule has 0 unspecified atom stereocenters. The first-order chi connectivity index (χ1) is 13.4. The summed E-state index contributed by atoms with van der Waals surface area (Å²) in [4.78, 5) is 25.6. The van der Waals surface area contributed by atoms with Crippen LogP contribution >= 0.6 is 11.8 Å². The molecule has 0 aliphatic heterocycles. The number of rotatable bonds is 7. The van der Waals surface area contributed by atoms with Gasteiger partial charge < -0.3 is 10.2 Å². The molecule has 144 valence electrons. The lowest BCUT2D eigenvalue weighted by molar-refractivity contribution is -0.113. The van der Waals surface area contributed by atoms with Crippen molar-refractivity contribution in [3.8, 4) is 5.69 Å². The number of hydrogen-bond acceptors (Lipinski definition) is 7. The average molecular weight is 396 g/mol. The van der Waals surface area contributed by atoms with Crippen LogP contribution in [-0.4, -0.2) is 51.7 Å². The van der Waals surface area contributed by atoms with Gasteiger partial charge in [-0.3, -0.25) is 9.59 Å².